The highest BCUT2D eigenvalue weighted by molar-refractivity contribution is 5.84. The van der Waals surface area contributed by atoms with E-state index in [9.17, 15) is 0 Å². The summed E-state index contributed by atoms with van der Waals surface area (Å²) in [6.45, 7) is 0.204. The molecule has 0 aliphatic carbocycles. The number of hydrogen-bond donors (Lipinski definition) is 0. The zero-order chi connectivity index (χ0) is 15.5. The first-order valence-electron chi connectivity index (χ1n) is 7.25. The van der Waals surface area contributed by atoms with Crippen LogP contribution in [0.15, 0.2) is 71.4 Å². The van der Waals surface area contributed by atoms with Crippen LogP contribution in [0.4, 0.5) is 0 Å². The summed E-state index contributed by atoms with van der Waals surface area (Å²) in [6, 6.07) is 19.4. The molecule has 0 saturated heterocycles. The lowest BCUT2D eigenvalue weighted by Crippen LogP contribution is -1.97. The Morgan fingerprint density at radius 1 is 0.913 bits per heavy atom. The van der Waals surface area contributed by atoms with Gasteiger partial charge in [0.2, 0.25) is 5.82 Å². The van der Waals surface area contributed by atoms with Crippen LogP contribution in [0.3, 0.4) is 0 Å². The van der Waals surface area contributed by atoms with Crippen LogP contribution in [0, 0.1) is 0 Å². The first-order valence-corrected chi connectivity index (χ1v) is 7.25. The number of rotatable bonds is 4. The van der Waals surface area contributed by atoms with Gasteiger partial charge in [0.25, 0.3) is 5.89 Å². The molecule has 4 rings (SSSR count). The van der Waals surface area contributed by atoms with Crippen molar-refractivity contribution in [3.63, 3.8) is 0 Å². The number of pyridine rings is 1. The van der Waals surface area contributed by atoms with Gasteiger partial charge >= 0.3 is 0 Å². The molecule has 0 aliphatic heterocycles. The Balaban J connectivity index is 1.54. The summed E-state index contributed by atoms with van der Waals surface area (Å²) < 4.78 is 11.0. The van der Waals surface area contributed by atoms with Crippen molar-refractivity contribution in [2.24, 2.45) is 0 Å². The zero-order valence-electron chi connectivity index (χ0n) is 12.2. The SMILES string of the molecule is c1ccc(-c2noc(COc3cccc4cccnc34)n2)cc1. The number of hydrogen-bond acceptors (Lipinski definition) is 5. The summed E-state index contributed by atoms with van der Waals surface area (Å²) in [4.78, 5) is 8.71. The van der Waals surface area contributed by atoms with Crippen molar-refractivity contribution in [3.05, 3.63) is 72.8 Å². The topological polar surface area (TPSA) is 61.0 Å². The molecular weight excluding hydrogens is 290 g/mol. The van der Waals surface area contributed by atoms with Crippen LogP contribution in [-0.2, 0) is 6.61 Å². The third kappa shape index (κ3) is 2.76. The summed E-state index contributed by atoms with van der Waals surface area (Å²) >= 11 is 0. The molecule has 2 heterocycles. The summed E-state index contributed by atoms with van der Waals surface area (Å²) in [5.41, 5.74) is 1.73. The highest BCUT2D eigenvalue weighted by Crippen LogP contribution is 2.24. The lowest BCUT2D eigenvalue weighted by Gasteiger charge is -2.05. The number of fused-ring (bicyclic) bond motifs is 1. The van der Waals surface area contributed by atoms with Gasteiger partial charge in [0.05, 0.1) is 0 Å². The second-order valence-electron chi connectivity index (χ2n) is 5.00. The number of ether oxygens (including phenoxy) is 1. The van der Waals surface area contributed by atoms with Crippen LogP contribution in [-0.4, -0.2) is 15.1 Å². The van der Waals surface area contributed by atoms with E-state index in [2.05, 4.69) is 15.1 Å². The third-order valence-corrected chi connectivity index (χ3v) is 3.45. The fourth-order valence-corrected chi connectivity index (χ4v) is 2.35. The molecule has 23 heavy (non-hydrogen) atoms. The Bertz CT molecular complexity index is 930. The van der Waals surface area contributed by atoms with Crippen molar-refractivity contribution in [1.29, 1.82) is 0 Å². The first-order chi connectivity index (χ1) is 11.4. The van der Waals surface area contributed by atoms with Gasteiger partial charge in [-0.2, -0.15) is 4.98 Å². The Labute approximate surface area is 132 Å². The summed E-state index contributed by atoms with van der Waals surface area (Å²) in [7, 11) is 0. The number of para-hydroxylation sites is 1. The minimum Gasteiger partial charge on any atom is -0.481 e. The van der Waals surface area contributed by atoms with E-state index >= 15 is 0 Å². The second-order valence-corrected chi connectivity index (χ2v) is 5.00. The molecule has 2 aromatic heterocycles. The van der Waals surface area contributed by atoms with E-state index in [0.29, 0.717) is 17.5 Å². The van der Waals surface area contributed by atoms with Gasteiger partial charge in [-0.1, -0.05) is 53.7 Å². The molecule has 2 aromatic carbocycles. The standard InChI is InChI=1S/C18H13N3O2/c1-2-6-14(7-3-1)18-20-16(23-21-18)12-22-15-10-4-8-13-9-5-11-19-17(13)15/h1-11H,12H2. The van der Waals surface area contributed by atoms with E-state index in [4.69, 9.17) is 9.26 Å². The van der Waals surface area contributed by atoms with E-state index in [0.717, 1.165) is 16.5 Å². The molecule has 0 N–H and O–H groups in total. The zero-order valence-corrected chi connectivity index (χ0v) is 12.2. The van der Waals surface area contributed by atoms with Crippen molar-refractivity contribution in [1.82, 2.24) is 15.1 Å². The Morgan fingerprint density at radius 3 is 2.70 bits per heavy atom. The molecule has 0 fully saturated rings. The minimum atomic E-state index is 0.204. The van der Waals surface area contributed by atoms with Gasteiger partial charge in [-0.3, -0.25) is 4.98 Å². The van der Waals surface area contributed by atoms with Gasteiger partial charge in [0.1, 0.15) is 11.3 Å². The molecule has 0 amide bonds. The number of benzene rings is 2. The van der Waals surface area contributed by atoms with E-state index in [1.807, 2.05) is 60.7 Å². The predicted octanol–water partition coefficient (Wildman–Crippen LogP) is 3.86. The molecular formula is C18H13N3O2. The molecule has 112 valence electrons. The monoisotopic (exact) mass is 303 g/mol. The van der Waals surface area contributed by atoms with Crippen LogP contribution in [0.2, 0.25) is 0 Å². The van der Waals surface area contributed by atoms with Crippen LogP contribution in [0.1, 0.15) is 5.89 Å². The fourth-order valence-electron chi connectivity index (χ4n) is 2.35. The van der Waals surface area contributed by atoms with Crippen LogP contribution in [0.5, 0.6) is 5.75 Å². The van der Waals surface area contributed by atoms with Crippen molar-refractivity contribution in [3.8, 4) is 17.1 Å². The smallest absolute Gasteiger partial charge is 0.264 e. The average Bonchev–Trinajstić information content (AvgIpc) is 3.10. The Hall–Kier alpha value is -3.21. The lowest BCUT2D eigenvalue weighted by molar-refractivity contribution is 0.245. The molecule has 0 atom stereocenters. The van der Waals surface area contributed by atoms with Crippen LogP contribution in [0.25, 0.3) is 22.3 Å². The maximum absolute atomic E-state index is 5.80. The van der Waals surface area contributed by atoms with Crippen LogP contribution < -0.4 is 4.74 Å². The maximum Gasteiger partial charge on any atom is 0.264 e. The van der Waals surface area contributed by atoms with E-state index in [1.54, 1.807) is 6.20 Å². The average molecular weight is 303 g/mol. The highest BCUT2D eigenvalue weighted by atomic mass is 16.5. The van der Waals surface area contributed by atoms with E-state index in [-0.39, 0.29) is 6.61 Å². The van der Waals surface area contributed by atoms with Gasteiger partial charge < -0.3 is 9.26 Å². The molecule has 4 aromatic rings. The molecule has 5 nitrogen and oxygen atoms in total. The normalized spacial score (nSPS) is 10.8. The molecule has 0 aliphatic rings. The molecule has 0 unspecified atom stereocenters. The fraction of sp³-hybridized carbons (Fsp3) is 0.0556. The molecule has 0 radical (unpaired) electrons. The van der Waals surface area contributed by atoms with E-state index < -0.39 is 0 Å². The van der Waals surface area contributed by atoms with Crippen molar-refractivity contribution in [2.45, 2.75) is 6.61 Å². The highest BCUT2D eigenvalue weighted by Gasteiger charge is 2.10. The first kappa shape index (κ1) is 13.5. The second kappa shape index (κ2) is 5.88. The number of aromatic nitrogens is 3. The lowest BCUT2D eigenvalue weighted by atomic mass is 10.2. The predicted molar refractivity (Wildman–Crippen MR) is 85.8 cm³/mol. The van der Waals surface area contributed by atoms with Crippen molar-refractivity contribution >= 4 is 10.9 Å². The van der Waals surface area contributed by atoms with Gasteiger partial charge in [-0.15, -0.1) is 0 Å². The Kier molecular flexibility index (Phi) is 3.44. The van der Waals surface area contributed by atoms with Crippen molar-refractivity contribution < 1.29 is 9.26 Å². The molecule has 0 bridgehead atoms. The van der Waals surface area contributed by atoms with Gasteiger partial charge in [0, 0.05) is 17.1 Å². The summed E-state index contributed by atoms with van der Waals surface area (Å²) in [5.74, 6) is 1.68. The van der Waals surface area contributed by atoms with E-state index in [1.165, 1.54) is 0 Å². The maximum atomic E-state index is 5.80. The number of nitrogens with zero attached hydrogens (tertiary/aromatic N) is 3. The quantitative estimate of drug-likeness (QED) is 0.573. The van der Waals surface area contributed by atoms with Gasteiger partial charge in [-0.05, 0) is 12.1 Å². The van der Waals surface area contributed by atoms with Gasteiger partial charge in [-0.25, -0.2) is 0 Å². The minimum absolute atomic E-state index is 0.204. The Morgan fingerprint density at radius 2 is 1.78 bits per heavy atom. The molecule has 0 spiro atoms. The molecule has 5 heteroatoms. The van der Waals surface area contributed by atoms with Crippen LogP contribution >= 0.6 is 0 Å². The largest absolute Gasteiger partial charge is 0.481 e. The van der Waals surface area contributed by atoms with Crippen molar-refractivity contribution in [2.75, 3.05) is 0 Å². The summed E-state index contributed by atoms with van der Waals surface area (Å²) in [5, 5.41) is 5.01. The van der Waals surface area contributed by atoms with Gasteiger partial charge in [0.15, 0.2) is 6.61 Å². The summed E-state index contributed by atoms with van der Waals surface area (Å²) in [6.07, 6.45) is 1.75. The molecule has 0 saturated carbocycles. The third-order valence-electron chi connectivity index (χ3n) is 3.45.